The van der Waals surface area contributed by atoms with Crippen molar-refractivity contribution >= 4 is 34.3 Å². The second-order valence-electron chi connectivity index (χ2n) is 7.64. The van der Waals surface area contributed by atoms with Gasteiger partial charge in [0.25, 0.3) is 0 Å². The van der Waals surface area contributed by atoms with E-state index in [1.165, 1.54) is 5.39 Å². The van der Waals surface area contributed by atoms with Crippen molar-refractivity contribution in [3.8, 4) is 0 Å². The Labute approximate surface area is 204 Å². The van der Waals surface area contributed by atoms with Crippen LogP contribution in [0.25, 0.3) is 10.8 Å². The summed E-state index contributed by atoms with van der Waals surface area (Å²) in [5, 5.41) is 12.1. The molecule has 182 valence electrons. The zero-order valence-electron chi connectivity index (χ0n) is 19.5. The van der Waals surface area contributed by atoms with E-state index in [4.69, 9.17) is 15.2 Å². The molecule has 0 bridgehead atoms. The van der Waals surface area contributed by atoms with Crippen LogP contribution in [0.5, 0.6) is 0 Å². The predicted molar refractivity (Wildman–Crippen MR) is 138 cm³/mol. The molecule has 0 aliphatic heterocycles. The Balaban J connectivity index is 1.41. The quantitative estimate of drug-likeness (QED) is 0.202. The Morgan fingerprint density at radius 2 is 1.43 bits per heavy atom. The van der Waals surface area contributed by atoms with Crippen molar-refractivity contribution in [2.24, 2.45) is 5.73 Å². The molecule has 2 aromatic heterocycles. The molecule has 0 aliphatic rings. The number of nitrogens with zero attached hydrogens (tertiary/aromatic N) is 4. The molecule has 5 N–H and O–H groups in total. The maximum atomic E-state index is 5.57. The van der Waals surface area contributed by atoms with Crippen LogP contribution in [0.3, 0.4) is 0 Å². The van der Waals surface area contributed by atoms with Crippen molar-refractivity contribution in [3.63, 3.8) is 0 Å². The molecular weight excluding hydrogens is 444 g/mol. The van der Waals surface area contributed by atoms with Gasteiger partial charge in [-0.3, -0.25) is 4.98 Å². The third-order valence-corrected chi connectivity index (χ3v) is 5.00. The molecule has 4 aromatic rings. The lowest BCUT2D eigenvalue weighted by Gasteiger charge is -2.12. The van der Waals surface area contributed by atoms with E-state index in [9.17, 15) is 0 Å². The molecule has 0 saturated carbocycles. The minimum Gasteiger partial charge on any atom is -0.378 e. The SMILES string of the molecule is NCCOCCOCCNc1nc(NCc2ccncc2)nc(Nc2ccc3ccccc3c2)n1. The van der Waals surface area contributed by atoms with Gasteiger partial charge in [0.05, 0.1) is 26.4 Å². The van der Waals surface area contributed by atoms with Gasteiger partial charge in [-0.1, -0.05) is 30.3 Å². The van der Waals surface area contributed by atoms with Gasteiger partial charge in [-0.05, 0) is 40.6 Å². The molecule has 2 aromatic carbocycles. The summed E-state index contributed by atoms with van der Waals surface area (Å²) in [4.78, 5) is 17.6. The Bertz CT molecular complexity index is 1190. The normalized spacial score (nSPS) is 10.9. The second-order valence-corrected chi connectivity index (χ2v) is 7.64. The molecule has 35 heavy (non-hydrogen) atoms. The molecule has 0 radical (unpaired) electrons. The Morgan fingerprint density at radius 3 is 2.23 bits per heavy atom. The number of hydrogen-bond acceptors (Lipinski definition) is 10. The monoisotopic (exact) mass is 474 g/mol. The number of anilines is 4. The van der Waals surface area contributed by atoms with Gasteiger partial charge in [-0.15, -0.1) is 0 Å². The van der Waals surface area contributed by atoms with Crippen LogP contribution in [0, 0.1) is 0 Å². The van der Waals surface area contributed by atoms with Crippen molar-refractivity contribution in [2.75, 3.05) is 55.5 Å². The minimum absolute atomic E-state index is 0.436. The standard InChI is InChI=1S/C25H30N8O2/c26-9-13-34-15-16-35-14-12-28-23-31-24(29-18-19-7-10-27-11-8-19)33-25(32-23)30-22-6-5-20-3-1-2-4-21(20)17-22/h1-8,10-11,17H,9,12-16,18,26H2,(H3,28,29,30,31,32,33). The van der Waals surface area contributed by atoms with Crippen LogP contribution in [0.1, 0.15) is 5.56 Å². The van der Waals surface area contributed by atoms with E-state index in [0.717, 1.165) is 16.6 Å². The Hall–Kier alpha value is -3.86. The molecule has 0 atom stereocenters. The summed E-state index contributed by atoms with van der Waals surface area (Å²) in [6.07, 6.45) is 3.51. The average molecular weight is 475 g/mol. The van der Waals surface area contributed by atoms with Gasteiger partial charge >= 0.3 is 0 Å². The summed E-state index contributed by atoms with van der Waals surface area (Å²) >= 11 is 0. The molecule has 4 rings (SSSR count). The fourth-order valence-electron chi connectivity index (χ4n) is 3.31. The van der Waals surface area contributed by atoms with Crippen molar-refractivity contribution < 1.29 is 9.47 Å². The second kappa shape index (κ2) is 13.1. The first-order valence-corrected chi connectivity index (χ1v) is 11.5. The highest BCUT2D eigenvalue weighted by Gasteiger charge is 2.08. The van der Waals surface area contributed by atoms with E-state index in [1.54, 1.807) is 12.4 Å². The molecule has 0 fully saturated rings. The number of rotatable bonds is 14. The van der Waals surface area contributed by atoms with Crippen LogP contribution in [0.4, 0.5) is 23.5 Å². The van der Waals surface area contributed by atoms with Gasteiger partial charge in [-0.25, -0.2) is 0 Å². The number of nitrogens with two attached hydrogens (primary N) is 1. The molecule has 2 heterocycles. The number of pyridine rings is 1. The fraction of sp³-hybridized carbons (Fsp3) is 0.280. The summed E-state index contributed by atoms with van der Waals surface area (Å²) in [6, 6.07) is 18.2. The van der Waals surface area contributed by atoms with Crippen LogP contribution in [0.15, 0.2) is 67.0 Å². The highest BCUT2D eigenvalue weighted by molar-refractivity contribution is 5.86. The topological polar surface area (TPSA) is 132 Å². The van der Waals surface area contributed by atoms with Crippen molar-refractivity contribution in [3.05, 3.63) is 72.6 Å². The Morgan fingerprint density at radius 1 is 0.714 bits per heavy atom. The first-order chi connectivity index (χ1) is 17.3. The molecule has 0 amide bonds. The van der Waals surface area contributed by atoms with Crippen molar-refractivity contribution in [1.29, 1.82) is 0 Å². The van der Waals surface area contributed by atoms with Gasteiger partial charge < -0.3 is 31.2 Å². The van der Waals surface area contributed by atoms with Gasteiger partial charge in [-0.2, -0.15) is 15.0 Å². The van der Waals surface area contributed by atoms with Crippen LogP contribution in [-0.2, 0) is 16.0 Å². The third-order valence-electron chi connectivity index (χ3n) is 5.00. The van der Waals surface area contributed by atoms with E-state index in [2.05, 4.69) is 60.2 Å². The van der Waals surface area contributed by atoms with Gasteiger partial charge in [0, 0.05) is 37.7 Å². The zero-order chi connectivity index (χ0) is 24.1. The largest absolute Gasteiger partial charge is 0.378 e. The van der Waals surface area contributed by atoms with Gasteiger partial charge in [0.1, 0.15) is 0 Å². The summed E-state index contributed by atoms with van der Waals surface area (Å²) in [6.45, 7) is 3.67. The lowest BCUT2D eigenvalue weighted by atomic mass is 10.1. The third kappa shape index (κ3) is 7.85. The van der Waals surface area contributed by atoms with Crippen LogP contribution < -0.4 is 21.7 Å². The number of benzene rings is 2. The van der Waals surface area contributed by atoms with Crippen LogP contribution >= 0.6 is 0 Å². The fourth-order valence-corrected chi connectivity index (χ4v) is 3.31. The summed E-state index contributed by atoms with van der Waals surface area (Å²) in [7, 11) is 0. The van der Waals surface area contributed by atoms with Crippen LogP contribution in [-0.4, -0.2) is 59.5 Å². The molecule has 10 nitrogen and oxygen atoms in total. The van der Waals surface area contributed by atoms with Gasteiger partial charge in [0.2, 0.25) is 17.8 Å². The van der Waals surface area contributed by atoms with E-state index >= 15 is 0 Å². The lowest BCUT2D eigenvalue weighted by Crippen LogP contribution is -2.17. The molecule has 0 aliphatic carbocycles. The van der Waals surface area contributed by atoms with E-state index in [-0.39, 0.29) is 0 Å². The van der Waals surface area contributed by atoms with Crippen molar-refractivity contribution in [1.82, 2.24) is 19.9 Å². The highest BCUT2D eigenvalue weighted by atomic mass is 16.5. The number of nitrogens with one attached hydrogen (secondary N) is 3. The molecular formula is C25H30N8O2. The minimum atomic E-state index is 0.436. The molecule has 10 heteroatoms. The number of aromatic nitrogens is 4. The maximum Gasteiger partial charge on any atom is 0.233 e. The summed E-state index contributed by atoms with van der Waals surface area (Å²) in [5.41, 5.74) is 7.36. The summed E-state index contributed by atoms with van der Waals surface area (Å²) in [5.74, 6) is 1.34. The number of hydrogen-bond donors (Lipinski definition) is 4. The Kier molecular flexibility index (Phi) is 9.11. The smallest absolute Gasteiger partial charge is 0.233 e. The maximum absolute atomic E-state index is 5.57. The summed E-state index contributed by atoms with van der Waals surface area (Å²) < 4.78 is 10.9. The highest BCUT2D eigenvalue weighted by Crippen LogP contribution is 2.22. The zero-order valence-corrected chi connectivity index (χ0v) is 19.5. The predicted octanol–water partition coefficient (Wildman–Crippen LogP) is 3.18. The van der Waals surface area contributed by atoms with Crippen LogP contribution in [0.2, 0.25) is 0 Å². The molecule has 0 saturated heterocycles. The van der Waals surface area contributed by atoms with E-state index in [1.807, 2.05) is 30.3 Å². The molecule has 0 spiro atoms. The first-order valence-electron chi connectivity index (χ1n) is 11.5. The van der Waals surface area contributed by atoms with E-state index in [0.29, 0.717) is 63.9 Å². The number of ether oxygens (including phenoxy) is 2. The van der Waals surface area contributed by atoms with Crippen molar-refractivity contribution in [2.45, 2.75) is 6.54 Å². The average Bonchev–Trinajstić information content (AvgIpc) is 2.89. The van der Waals surface area contributed by atoms with E-state index < -0.39 is 0 Å². The number of fused-ring (bicyclic) bond motifs is 1. The molecule has 0 unspecified atom stereocenters. The first kappa shape index (κ1) is 24.3. The van der Waals surface area contributed by atoms with Gasteiger partial charge in [0.15, 0.2) is 0 Å². The lowest BCUT2D eigenvalue weighted by molar-refractivity contribution is 0.0547.